The SMILES string of the molecule is Br.CCCCCCCCCCCCC(N)(CCCCCCCCCCCC)C(C)(C)N. The Balaban J connectivity index is 0. The van der Waals surface area contributed by atoms with Gasteiger partial charge in [0.15, 0.2) is 0 Å². The molecule has 0 aliphatic heterocycles. The van der Waals surface area contributed by atoms with Gasteiger partial charge in [0.25, 0.3) is 0 Å². The standard InChI is InChI=1S/C28H60N2.BrH/c1-5-7-9-11-13-15-17-19-21-23-25-28(30,27(3,4)29)26-24-22-20-18-16-14-12-10-8-6-2;/h5-26,29-30H2,1-4H3;1H. The molecule has 2 nitrogen and oxygen atoms in total. The molecular formula is C28H61BrN2. The van der Waals surface area contributed by atoms with Crippen molar-refractivity contribution in [3.05, 3.63) is 0 Å². The Hall–Kier alpha value is 0.400. The third-order valence-electron chi connectivity index (χ3n) is 7.24. The van der Waals surface area contributed by atoms with Crippen LogP contribution in [-0.4, -0.2) is 11.1 Å². The highest BCUT2D eigenvalue weighted by Crippen LogP contribution is 2.29. The Morgan fingerprint density at radius 3 is 0.871 bits per heavy atom. The third kappa shape index (κ3) is 19.6. The molecule has 0 heterocycles. The number of unbranched alkanes of at least 4 members (excludes halogenated alkanes) is 18. The molecule has 0 saturated heterocycles. The van der Waals surface area contributed by atoms with Crippen LogP contribution in [-0.2, 0) is 0 Å². The molecular weight excluding hydrogens is 444 g/mol. The minimum Gasteiger partial charge on any atom is -0.324 e. The van der Waals surface area contributed by atoms with E-state index in [9.17, 15) is 0 Å². The molecule has 0 bridgehead atoms. The van der Waals surface area contributed by atoms with Crippen LogP contribution in [0.25, 0.3) is 0 Å². The van der Waals surface area contributed by atoms with Gasteiger partial charge in [-0.3, -0.25) is 0 Å². The van der Waals surface area contributed by atoms with Gasteiger partial charge in [-0.1, -0.05) is 142 Å². The summed E-state index contributed by atoms with van der Waals surface area (Å²) in [7, 11) is 0. The maximum absolute atomic E-state index is 6.87. The van der Waals surface area contributed by atoms with Crippen LogP contribution in [0.2, 0.25) is 0 Å². The van der Waals surface area contributed by atoms with Crippen molar-refractivity contribution in [2.75, 3.05) is 0 Å². The summed E-state index contributed by atoms with van der Waals surface area (Å²) in [6.45, 7) is 8.85. The largest absolute Gasteiger partial charge is 0.324 e. The first-order valence-electron chi connectivity index (χ1n) is 13.9. The predicted octanol–water partition coefficient (Wildman–Crippen LogP) is 9.62. The highest BCUT2D eigenvalue weighted by atomic mass is 79.9. The van der Waals surface area contributed by atoms with Crippen molar-refractivity contribution in [3.8, 4) is 0 Å². The molecule has 0 aliphatic rings. The second-order valence-electron chi connectivity index (χ2n) is 10.7. The molecule has 31 heavy (non-hydrogen) atoms. The molecule has 0 aromatic rings. The molecule has 0 radical (unpaired) electrons. The maximum Gasteiger partial charge on any atom is 0.0331 e. The number of hydrogen-bond donors (Lipinski definition) is 2. The van der Waals surface area contributed by atoms with Crippen LogP contribution in [0.4, 0.5) is 0 Å². The van der Waals surface area contributed by atoms with E-state index in [0.29, 0.717) is 0 Å². The van der Waals surface area contributed by atoms with Crippen molar-refractivity contribution >= 4 is 17.0 Å². The summed E-state index contributed by atoms with van der Waals surface area (Å²) in [5.41, 5.74) is 12.9. The van der Waals surface area contributed by atoms with Gasteiger partial charge in [-0.05, 0) is 26.7 Å². The fourth-order valence-corrected chi connectivity index (χ4v) is 4.63. The summed E-state index contributed by atoms with van der Waals surface area (Å²) < 4.78 is 0. The van der Waals surface area contributed by atoms with Crippen LogP contribution in [0.5, 0.6) is 0 Å². The van der Waals surface area contributed by atoms with E-state index < -0.39 is 0 Å². The van der Waals surface area contributed by atoms with E-state index in [1.54, 1.807) is 0 Å². The zero-order valence-electron chi connectivity index (χ0n) is 22.1. The van der Waals surface area contributed by atoms with Gasteiger partial charge in [-0.2, -0.15) is 0 Å². The normalized spacial score (nSPS) is 12.2. The maximum atomic E-state index is 6.87. The van der Waals surface area contributed by atoms with E-state index in [0.717, 1.165) is 12.8 Å². The average Bonchev–Trinajstić information content (AvgIpc) is 2.70. The second-order valence-corrected chi connectivity index (χ2v) is 10.7. The molecule has 0 spiro atoms. The van der Waals surface area contributed by atoms with Crippen molar-refractivity contribution in [2.24, 2.45) is 11.5 Å². The van der Waals surface area contributed by atoms with Crippen molar-refractivity contribution in [2.45, 2.75) is 180 Å². The molecule has 0 fully saturated rings. The Bertz CT molecular complexity index is 327. The molecule has 0 atom stereocenters. The monoisotopic (exact) mass is 504 g/mol. The summed E-state index contributed by atoms with van der Waals surface area (Å²) in [5, 5.41) is 0. The Labute approximate surface area is 208 Å². The zero-order valence-corrected chi connectivity index (χ0v) is 23.8. The van der Waals surface area contributed by atoms with Gasteiger partial charge in [0.05, 0.1) is 0 Å². The molecule has 0 aromatic heterocycles. The quantitative estimate of drug-likeness (QED) is 0.136. The third-order valence-corrected chi connectivity index (χ3v) is 7.24. The van der Waals surface area contributed by atoms with Gasteiger partial charge in [-0.25, -0.2) is 0 Å². The Morgan fingerprint density at radius 1 is 0.419 bits per heavy atom. The lowest BCUT2D eigenvalue weighted by Gasteiger charge is -2.42. The lowest BCUT2D eigenvalue weighted by atomic mass is 9.73. The fourth-order valence-electron chi connectivity index (χ4n) is 4.63. The van der Waals surface area contributed by atoms with E-state index in [2.05, 4.69) is 27.7 Å². The van der Waals surface area contributed by atoms with E-state index in [4.69, 9.17) is 11.5 Å². The number of nitrogens with two attached hydrogens (primary N) is 2. The molecule has 0 unspecified atom stereocenters. The van der Waals surface area contributed by atoms with Crippen molar-refractivity contribution in [1.82, 2.24) is 0 Å². The summed E-state index contributed by atoms with van der Waals surface area (Å²) in [6, 6.07) is 0. The molecule has 0 amide bonds. The lowest BCUT2D eigenvalue weighted by Crippen LogP contribution is -2.62. The first-order chi connectivity index (χ1) is 14.4. The Kier molecular flexibility index (Phi) is 24.0. The van der Waals surface area contributed by atoms with E-state index in [1.807, 2.05) is 0 Å². The van der Waals surface area contributed by atoms with E-state index in [-0.39, 0.29) is 28.1 Å². The van der Waals surface area contributed by atoms with Gasteiger partial charge >= 0.3 is 0 Å². The van der Waals surface area contributed by atoms with Gasteiger partial charge in [0, 0.05) is 11.1 Å². The predicted molar refractivity (Wildman–Crippen MR) is 148 cm³/mol. The molecule has 190 valence electrons. The molecule has 0 aromatic carbocycles. The van der Waals surface area contributed by atoms with Crippen LogP contribution in [0.3, 0.4) is 0 Å². The van der Waals surface area contributed by atoms with E-state index in [1.165, 1.54) is 128 Å². The minimum atomic E-state index is -0.286. The topological polar surface area (TPSA) is 52.0 Å². The summed E-state index contributed by atoms with van der Waals surface area (Å²) in [6.07, 6.45) is 29.7. The lowest BCUT2D eigenvalue weighted by molar-refractivity contribution is 0.212. The summed E-state index contributed by atoms with van der Waals surface area (Å²) in [4.78, 5) is 0. The molecule has 4 N–H and O–H groups in total. The first-order valence-corrected chi connectivity index (χ1v) is 13.9. The minimum absolute atomic E-state index is 0. The fraction of sp³-hybridized carbons (Fsp3) is 1.00. The zero-order chi connectivity index (χ0) is 22.6. The van der Waals surface area contributed by atoms with Crippen LogP contribution < -0.4 is 11.5 Å². The summed E-state index contributed by atoms with van der Waals surface area (Å²) in [5.74, 6) is 0. The number of halogens is 1. The number of hydrogen-bond acceptors (Lipinski definition) is 2. The van der Waals surface area contributed by atoms with Gasteiger partial charge in [0.1, 0.15) is 0 Å². The number of rotatable bonds is 23. The smallest absolute Gasteiger partial charge is 0.0331 e. The van der Waals surface area contributed by atoms with Crippen molar-refractivity contribution < 1.29 is 0 Å². The van der Waals surface area contributed by atoms with Crippen LogP contribution >= 0.6 is 17.0 Å². The van der Waals surface area contributed by atoms with Crippen LogP contribution in [0, 0.1) is 0 Å². The average molecular weight is 506 g/mol. The van der Waals surface area contributed by atoms with Gasteiger partial charge in [-0.15, -0.1) is 17.0 Å². The summed E-state index contributed by atoms with van der Waals surface area (Å²) >= 11 is 0. The molecule has 0 saturated carbocycles. The second kappa shape index (κ2) is 22.2. The van der Waals surface area contributed by atoms with Crippen LogP contribution in [0.15, 0.2) is 0 Å². The highest BCUT2D eigenvalue weighted by Gasteiger charge is 2.37. The van der Waals surface area contributed by atoms with Crippen molar-refractivity contribution in [1.29, 1.82) is 0 Å². The molecule has 0 aliphatic carbocycles. The van der Waals surface area contributed by atoms with Crippen molar-refractivity contribution in [3.63, 3.8) is 0 Å². The molecule has 3 heteroatoms. The Morgan fingerprint density at radius 2 is 0.645 bits per heavy atom. The van der Waals surface area contributed by atoms with Crippen LogP contribution in [0.1, 0.15) is 169 Å². The first kappa shape index (κ1) is 33.6. The van der Waals surface area contributed by atoms with Gasteiger partial charge in [0.2, 0.25) is 0 Å². The molecule has 0 rings (SSSR count). The highest BCUT2D eigenvalue weighted by molar-refractivity contribution is 8.93. The van der Waals surface area contributed by atoms with Gasteiger partial charge < -0.3 is 11.5 Å². The van der Waals surface area contributed by atoms with E-state index >= 15 is 0 Å².